The van der Waals surface area contributed by atoms with Crippen molar-refractivity contribution in [1.82, 2.24) is 0 Å². The van der Waals surface area contributed by atoms with Crippen LogP contribution in [-0.2, 0) is 13.2 Å². The summed E-state index contributed by atoms with van der Waals surface area (Å²) in [7, 11) is 1.60. The summed E-state index contributed by atoms with van der Waals surface area (Å²) in [6.45, 7) is 0.915. The molecule has 0 aliphatic heterocycles. The van der Waals surface area contributed by atoms with Crippen LogP contribution in [0.15, 0.2) is 66.7 Å². The zero-order valence-electron chi connectivity index (χ0n) is 14.3. The summed E-state index contributed by atoms with van der Waals surface area (Å²) in [6, 6.07) is 19.6. The zero-order valence-corrected chi connectivity index (χ0v) is 15.1. The average molecular weight is 372 g/mol. The molecule has 0 saturated carbocycles. The zero-order chi connectivity index (χ0) is 18.4. The van der Waals surface area contributed by atoms with Crippen molar-refractivity contribution in [3.05, 3.63) is 88.7 Å². The topological polar surface area (TPSA) is 30.5 Å². The van der Waals surface area contributed by atoms with E-state index in [1.54, 1.807) is 13.2 Å². The molecule has 0 aromatic heterocycles. The first kappa shape index (κ1) is 18.1. The predicted octanol–water partition coefficient (Wildman–Crippen LogP) is 5.68. The number of anilines is 1. The molecule has 1 N–H and O–H groups in total. The van der Waals surface area contributed by atoms with E-state index in [2.05, 4.69) is 5.32 Å². The van der Waals surface area contributed by atoms with Gasteiger partial charge in [-0.2, -0.15) is 0 Å². The molecule has 3 nitrogen and oxygen atoms in total. The second-order valence-electron chi connectivity index (χ2n) is 5.76. The predicted molar refractivity (Wildman–Crippen MR) is 103 cm³/mol. The second-order valence-corrected chi connectivity index (χ2v) is 6.20. The Morgan fingerprint density at radius 1 is 0.923 bits per heavy atom. The van der Waals surface area contributed by atoms with E-state index >= 15 is 0 Å². The van der Waals surface area contributed by atoms with E-state index in [-0.39, 0.29) is 12.4 Å². The summed E-state index contributed by atoms with van der Waals surface area (Å²) >= 11 is 5.89. The number of rotatable bonds is 7. The van der Waals surface area contributed by atoms with Gasteiger partial charge in [0.25, 0.3) is 0 Å². The highest BCUT2D eigenvalue weighted by Crippen LogP contribution is 2.29. The lowest BCUT2D eigenvalue weighted by atomic mass is 10.2. The summed E-state index contributed by atoms with van der Waals surface area (Å²) in [5.74, 6) is 0.977. The molecule has 0 saturated heterocycles. The van der Waals surface area contributed by atoms with Crippen LogP contribution in [0.25, 0.3) is 0 Å². The number of halogens is 2. The molecule has 0 aliphatic carbocycles. The minimum atomic E-state index is -0.276. The lowest BCUT2D eigenvalue weighted by Crippen LogP contribution is -2.02. The molecule has 0 spiro atoms. The number of nitrogens with one attached hydrogen (secondary N) is 1. The molecule has 0 bridgehead atoms. The number of hydrogen-bond donors (Lipinski definition) is 1. The summed E-state index contributed by atoms with van der Waals surface area (Å²) in [5, 5.41) is 4.03. The molecular formula is C21H19ClFNO2. The molecule has 3 aromatic rings. The number of ether oxygens (including phenoxy) is 2. The van der Waals surface area contributed by atoms with Crippen molar-refractivity contribution < 1.29 is 13.9 Å². The van der Waals surface area contributed by atoms with Gasteiger partial charge in [-0.1, -0.05) is 29.8 Å². The van der Waals surface area contributed by atoms with Gasteiger partial charge >= 0.3 is 0 Å². The van der Waals surface area contributed by atoms with Gasteiger partial charge in [-0.15, -0.1) is 0 Å². The standard InChI is InChI=1S/C21H19ClFNO2/c1-25-21-12-15(13-24-19-8-6-17(22)7-9-19)5-10-20(21)26-14-16-3-2-4-18(23)11-16/h2-12,24H,13-14H2,1H3. The molecule has 0 radical (unpaired) electrons. The van der Waals surface area contributed by atoms with Gasteiger partial charge in [0.1, 0.15) is 12.4 Å². The van der Waals surface area contributed by atoms with Crippen LogP contribution in [-0.4, -0.2) is 7.11 Å². The highest BCUT2D eigenvalue weighted by atomic mass is 35.5. The maximum absolute atomic E-state index is 13.2. The third-order valence-corrected chi connectivity index (χ3v) is 4.10. The number of benzene rings is 3. The van der Waals surface area contributed by atoms with Crippen LogP contribution >= 0.6 is 11.6 Å². The lowest BCUT2D eigenvalue weighted by Gasteiger charge is -2.13. The largest absolute Gasteiger partial charge is 0.493 e. The van der Waals surface area contributed by atoms with E-state index < -0.39 is 0 Å². The fourth-order valence-corrected chi connectivity index (χ4v) is 2.63. The molecule has 3 aromatic carbocycles. The van der Waals surface area contributed by atoms with Gasteiger partial charge in [0.15, 0.2) is 11.5 Å². The molecule has 3 rings (SSSR count). The Labute approximate surface area is 157 Å². The molecule has 26 heavy (non-hydrogen) atoms. The van der Waals surface area contributed by atoms with Crippen LogP contribution < -0.4 is 14.8 Å². The van der Waals surface area contributed by atoms with E-state index in [0.29, 0.717) is 23.1 Å². The van der Waals surface area contributed by atoms with Gasteiger partial charge in [0.2, 0.25) is 0 Å². The highest BCUT2D eigenvalue weighted by molar-refractivity contribution is 6.30. The fourth-order valence-electron chi connectivity index (χ4n) is 2.50. The molecule has 0 amide bonds. The Morgan fingerprint density at radius 3 is 2.46 bits per heavy atom. The van der Waals surface area contributed by atoms with Crippen molar-refractivity contribution in [3.8, 4) is 11.5 Å². The molecule has 5 heteroatoms. The third kappa shape index (κ3) is 4.90. The lowest BCUT2D eigenvalue weighted by molar-refractivity contribution is 0.284. The van der Waals surface area contributed by atoms with Crippen LogP contribution in [0.1, 0.15) is 11.1 Å². The van der Waals surface area contributed by atoms with Gasteiger partial charge < -0.3 is 14.8 Å². The second kappa shape index (κ2) is 8.59. The van der Waals surface area contributed by atoms with Crippen LogP contribution in [0, 0.1) is 5.82 Å². The Hall–Kier alpha value is -2.72. The van der Waals surface area contributed by atoms with Gasteiger partial charge in [-0.25, -0.2) is 4.39 Å². The Morgan fingerprint density at radius 2 is 1.73 bits per heavy atom. The molecule has 0 heterocycles. The minimum Gasteiger partial charge on any atom is -0.493 e. The molecule has 0 unspecified atom stereocenters. The normalized spacial score (nSPS) is 10.4. The van der Waals surface area contributed by atoms with Gasteiger partial charge in [0, 0.05) is 17.3 Å². The summed E-state index contributed by atoms with van der Waals surface area (Å²) < 4.78 is 24.4. The van der Waals surface area contributed by atoms with Crippen molar-refractivity contribution in [2.45, 2.75) is 13.2 Å². The van der Waals surface area contributed by atoms with Crippen LogP contribution in [0.4, 0.5) is 10.1 Å². The van der Waals surface area contributed by atoms with Crippen molar-refractivity contribution >= 4 is 17.3 Å². The highest BCUT2D eigenvalue weighted by Gasteiger charge is 2.07. The third-order valence-electron chi connectivity index (χ3n) is 3.85. The van der Waals surface area contributed by atoms with Crippen molar-refractivity contribution in [3.63, 3.8) is 0 Å². The number of methoxy groups -OCH3 is 1. The van der Waals surface area contributed by atoms with Crippen molar-refractivity contribution in [2.75, 3.05) is 12.4 Å². The monoisotopic (exact) mass is 371 g/mol. The van der Waals surface area contributed by atoms with E-state index in [0.717, 1.165) is 16.8 Å². The summed E-state index contributed by atoms with van der Waals surface area (Å²) in [4.78, 5) is 0. The molecule has 134 valence electrons. The maximum Gasteiger partial charge on any atom is 0.161 e. The SMILES string of the molecule is COc1cc(CNc2ccc(Cl)cc2)ccc1OCc1cccc(F)c1. The smallest absolute Gasteiger partial charge is 0.161 e. The van der Waals surface area contributed by atoms with E-state index in [1.807, 2.05) is 48.5 Å². The first-order valence-electron chi connectivity index (χ1n) is 8.17. The van der Waals surface area contributed by atoms with Crippen molar-refractivity contribution in [1.29, 1.82) is 0 Å². The van der Waals surface area contributed by atoms with Gasteiger partial charge in [0.05, 0.1) is 7.11 Å². The van der Waals surface area contributed by atoms with E-state index in [1.165, 1.54) is 12.1 Å². The molecule has 0 aliphatic rings. The average Bonchev–Trinajstić information content (AvgIpc) is 2.66. The van der Waals surface area contributed by atoms with E-state index in [4.69, 9.17) is 21.1 Å². The Kier molecular flexibility index (Phi) is 5.97. The minimum absolute atomic E-state index is 0.274. The van der Waals surface area contributed by atoms with Crippen LogP contribution in [0.3, 0.4) is 0 Å². The van der Waals surface area contributed by atoms with E-state index in [9.17, 15) is 4.39 Å². The van der Waals surface area contributed by atoms with Gasteiger partial charge in [-0.3, -0.25) is 0 Å². The van der Waals surface area contributed by atoms with Crippen molar-refractivity contribution in [2.24, 2.45) is 0 Å². The molecular weight excluding hydrogens is 353 g/mol. The number of hydrogen-bond acceptors (Lipinski definition) is 3. The van der Waals surface area contributed by atoms with Crippen LogP contribution in [0.5, 0.6) is 11.5 Å². The quantitative estimate of drug-likeness (QED) is 0.579. The first-order valence-corrected chi connectivity index (χ1v) is 8.55. The maximum atomic E-state index is 13.2. The molecule has 0 fully saturated rings. The first-order chi connectivity index (χ1) is 12.6. The summed E-state index contributed by atoms with van der Waals surface area (Å²) in [5.41, 5.74) is 2.80. The van der Waals surface area contributed by atoms with Gasteiger partial charge in [-0.05, 0) is 59.7 Å². The Balaban J connectivity index is 1.64. The van der Waals surface area contributed by atoms with Crippen LogP contribution in [0.2, 0.25) is 5.02 Å². The Bertz CT molecular complexity index is 868. The molecule has 0 atom stereocenters. The summed E-state index contributed by atoms with van der Waals surface area (Å²) in [6.07, 6.45) is 0. The fraction of sp³-hybridized carbons (Fsp3) is 0.143.